The van der Waals surface area contributed by atoms with E-state index in [-0.39, 0.29) is 0 Å². The Kier molecular flexibility index (Phi) is 4.66. The number of aromatic nitrogens is 2. The molecule has 1 aromatic heterocycles. The van der Waals surface area contributed by atoms with Crippen molar-refractivity contribution in [3.63, 3.8) is 0 Å². The molecule has 3 rings (SSSR count). The average Bonchev–Trinajstić information content (AvgIpc) is 2.50. The van der Waals surface area contributed by atoms with E-state index in [0.717, 1.165) is 29.7 Å². The highest BCUT2D eigenvalue weighted by atomic mass is 79.9. The zero-order valence-corrected chi connectivity index (χ0v) is 13.9. The predicted octanol–water partition coefficient (Wildman–Crippen LogP) is 3.82. The number of rotatable bonds is 4. The van der Waals surface area contributed by atoms with E-state index in [1.54, 1.807) is 0 Å². The quantitative estimate of drug-likeness (QED) is 0.915. The van der Waals surface area contributed by atoms with Crippen LogP contribution in [0.15, 0.2) is 34.9 Å². The van der Waals surface area contributed by atoms with E-state index >= 15 is 0 Å². The second kappa shape index (κ2) is 6.67. The molecule has 0 radical (unpaired) electrons. The number of hydrogen-bond donors (Lipinski definition) is 1. The largest absolute Gasteiger partial charge is 0.310 e. The number of benzene rings is 1. The molecule has 3 nitrogen and oxygen atoms in total. The molecule has 0 saturated heterocycles. The standard InChI is InChI=1S/C17H20BrN3/c1-2-19-15-8-5-9-16-13(15)11-20-17(21-16)10-12-6-3-4-7-14(12)18/h3-4,6-7,11,15,19H,2,5,8-10H2,1H3. The van der Waals surface area contributed by atoms with Crippen molar-refractivity contribution >= 4 is 15.9 Å². The molecule has 110 valence electrons. The highest BCUT2D eigenvalue weighted by Gasteiger charge is 2.21. The van der Waals surface area contributed by atoms with Gasteiger partial charge in [-0.3, -0.25) is 0 Å². The second-order valence-corrected chi connectivity index (χ2v) is 6.31. The number of nitrogens with one attached hydrogen (secondary N) is 1. The van der Waals surface area contributed by atoms with E-state index in [0.29, 0.717) is 6.04 Å². The Hall–Kier alpha value is -1.26. The van der Waals surface area contributed by atoms with Crippen LogP contribution in [0.3, 0.4) is 0 Å². The fourth-order valence-corrected chi connectivity index (χ4v) is 3.37. The normalized spacial score (nSPS) is 17.5. The van der Waals surface area contributed by atoms with E-state index in [1.807, 2.05) is 12.3 Å². The monoisotopic (exact) mass is 345 g/mol. The van der Waals surface area contributed by atoms with Gasteiger partial charge in [-0.15, -0.1) is 0 Å². The van der Waals surface area contributed by atoms with Gasteiger partial charge in [-0.25, -0.2) is 9.97 Å². The third-order valence-corrected chi connectivity index (χ3v) is 4.76. The van der Waals surface area contributed by atoms with Gasteiger partial charge >= 0.3 is 0 Å². The van der Waals surface area contributed by atoms with Crippen molar-refractivity contribution in [2.45, 2.75) is 38.6 Å². The third kappa shape index (κ3) is 3.33. The number of fused-ring (bicyclic) bond motifs is 1. The molecule has 0 fully saturated rings. The minimum Gasteiger partial charge on any atom is -0.310 e. The van der Waals surface area contributed by atoms with Gasteiger partial charge in [0, 0.05) is 34.4 Å². The van der Waals surface area contributed by atoms with Gasteiger partial charge < -0.3 is 5.32 Å². The van der Waals surface area contributed by atoms with Crippen LogP contribution in [-0.4, -0.2) is 16.5 Å². The number of aryl methyl sites for hydroxylation is 1. The molecular weight excluding hydrogens is 326 g/mol. The van der Waals surface area contributed by atoms with Crippen molar-refractivity contribution in [3.8, 4) is 0 Å². The third-order valence-electron chi connectivity index (χ3n) is 3.99. The highest BCUT2D eigenvalue weighted by molar-refractivity contribution is 9.10. The summed E-state index contributed by atoms with van der Waals surface area (Å²) in [6, 6.07) is 8.70. The summed E-state index contributed by atoms with van der Waals surface area (Å²) in [7, 11) is 0. The molecule has 0 aliphatic heterocycles. The van der Waals surface area contributed by atoms with Crippen LogP contribution in [0.4, 0.5) is 0 Å². The molecule has 0 spiro atoms. The van der Waals surface area contributed by atoms with Crippen molar-refractivity contribution in [3.05, 3.63) is 57.6 Å². The van der Waals surface area contributed by atoms with Crippen molar-refractivity contribution in [2.24, 2.45) is 0 Å². The molecular formula is C17H20BrN3. The predicted molar refractivity (Wildman–Crippen MR) is 88.3 cm³/mol. The Morgan fingerprint density at radius 2 is 2.19 bits per heavy atom. The first kappa shape index (κ1) is 14.7. The van der Waals surface area contributed by atoms with Gasteiger partial charge in [-0.05, 0) is 37.4 Å². The highest BCUT2D eigenvalue weighted by Crippen LogP contribution is 2.28. The summed E-state index contributed by atoms with van der Waals surface area (Å²) in [5.74, 6) is 0.915. The lowest BCUT2D eigenvalue weighted by Gasteiger charge is -2.25. The summed E-state index contributed by atoms with van der Waals surface area (Å²) in [5, 5.41) is 3.53. The van der Waals surface area contributed by atoms with Crippen molar-refractivity contribution in [2.75, 3.05) is 6.54 Å². The smallest absolute Gasteiger partial charge is 0.132 e. The molecule has 1 N–H and O–H groups in total. The SMILES string of the molecule is CCNC1CCCc2nc(Cc3ccccc3Br)ncc21. The minimum atomic E-state index is 0.427. The summed E-state index contributed by atoms with van der Waals surface area (Å²) < 4.78 is 1.12. The summed E-state index contributed by atoms with van der Waals surface area (Å²) in [5.41, 5.74) is 3.75. The fraction of sp³-hybridized carbons (Fsp3) is 0.412. The first-order valence-electron chi connectivity index (χ1n) is 7.59. The lowest BCUT2D eigenvalue weighted by molar-refractivity contribution is 0.463. The zero-order valence-electron chi connectivity index (χ0n) is 12.3. The number of hydrogen-bond acceptors (Lipinski definition) is 3. The molecule has 1 heterocycles. The molecule has 0 bridgehead atoms. The van der Waals surface area contributed by atoms with E-state index in [9.17, 15) is 0 Å². The Morgan fingerprint density at radius 3 is 3.00 bits per heavy atom. The lowest BCUT2D eigenvalue weighted by atomic mass is 9.92. The average molecular weight is 346 g/mol. The van der Waals surface area contributed by atoms with E-state index < -0.39 is 0 Å². The van der Waals surface area contributed by atoms with Gasteiger partial charge in [-0.1, -0.05) is 41.1 Å². The number of nitrogens with zero attached hydrogens (tertiary/aromatic N) is 2. The molecule has 1 aliphatic rings. The van der Waals surface area contributed by atoms with Crippen LogP contribution in [0.2, 0.25) is 0 Å². The molecule has 21 heavy (non-hydrogen) atoms. The maximum absolute atomic E-state index is 4.81. The van der Waals surface area contributed by atoms with Crippen molar-refractivity contribution < 1.29 is 0 Å². The second-order valence-electron chi connectivity index (χ2n) is 5.46. The molecule has 1 aromatic carbocycles. The minimum absolute atomic E-state index is 0.427. The molecule has 4 heteroatoms. The topological polar surface area (TPSA) is 37.8 Å². The number of halogens is 1. The molecule has 1 unspecified atom stereocenters. The molecule has 2 aromatic rings. The van der Waals surface area contributed by atoms with E-state index in [1.165, 1.54) is 29.7 Å². The maximum atomic E-state index is 4.81. The van der Waals surface area contributed by atoms with Crippen LogP contribution in [0, 0.1) is 0 Å². The van der Waals surface area contributed by atoms with Gasteiger partial charge in [0.15, 0.2) is 0 Å². The lowest BCUT2D eigenvalue weighted by Crippen LogP contribution is -2.26. The van der Waals surface area contributed by atoms with Crippen LogP contribution >= 0.6 is 15.9 Å². The maximum Gasteiger partial charge on any atom is 0.132 e. The Labute approximate surface area is 134 Å². The van der Waals surface area contributed by atoms with Crippen molar-refractivity contribution in [1.29, 1.82) is 0 Å². The molecule has 0 saturated carbocycles. The van der Waals surface area contributed by atoms with Gasteiger partial charge in [0.2, 0.25) is 0 Å². The first-order valence-corrected chi connectivity index (χ1v) is 8.38. The van der Waals surface area contributed by atoms with Crippen LogP contribution in [0.25, 0.3) is 0 Å². The molecule has 1 atom stereocenters. The fourth-order valence-electron chi connectivity index (χ4n) is 2.94. The first-order chi connectivity index (χ1) is 10.3. The zero-order chi connectivity index (χ0) is 14.7. The molecule has 0 amide bonds. The van der Waals surface area contributed by atoms with Crippen LogP contribution in [0.1, 0.15) is 48.5 Å². The summed E-state index contributed by atoms with van der Waals surface area (Å²) in [4.78, 5) is 9.40. The Morgan fingerprint density at radius 1 is 1.33 bits per heavy atom. The van der Waals surface area contributed by atoms with Gasteiger partial charge in [-0.2, -0.15) is 0 Å². The summed E-state index contributed by atoms with van der Waals surface area (Å²) >= 11 is 3.59. The summed E-state index contributed by atoms with van der Waals surface area (Å²) in [6.45, 7) is 3.14. The van der Waals surface area contributed by atoms with Crippen LogP contribution < -0.4 is 5.32 Å². The van der Waals surface area contributed by atoms with Gasteiger partial charge in [0.05, 0.1) is 0 Å². The molecule has 1 aliphatic carbocycles. The van der Waals surface area contributed by atoms with E-state index in [2.05, 4.69) is 51.4 Å². The van der Waals surface area contributed by atoms with Gasteiger partial charge in [0.1, 0.15) is 5.82 Å². The summed E-state index contributed by atoms with van der Waals surface area (Å²) in [6.07, 6.45) is 6.27. The van der Waals surface area contributed by atoms with Crippen LogP contribution in [0.5, 0.6) is 0 Å². The van der Waals surface area contributed by atoms with Crippen LogP contribution in [-0.2, 0) is 12.8 Å². The Balaban J connectivity index is 1.84. The van der Waals surface area contributed by atoms with E-state index in [4.69, 9.17) is 4.98 Å². The Bertz CT molecular complexity index is 627. The van der Waals surface area contributed by atoms with Crippen molar-refractivity contribution in [1.82, 2.24) is 15.3 Å². The van der Waals surface area contributed by atoms with Gasteiger partial charge in [0.25, 0.3) is 0 Å².